The molecule has 0 unspecified atom stereocenters. The summed E-state index contributed by atoms with van der Waals surface area (Å²) in [7, 11) is -3.67. The molecule has 1 rings (SSSR count). The maximum Gasteiger partial charge on any atom is 0.326 e. The summed E-state index contributed by atoms with van der Waals surface area (Å²) >= 11 is 0. The molecule has 0 heterocycles. The smallest absolute Gasteiger partial charge is 0.326 e. The molecule has 0 saturated heterocycles. The summed E-state index contributed by atoms with van der Waals surface area (Å²) in [5, 5.41) is 13.1. The van der Waals surface area contributed by atoms with Crippen LogP contribution < -0.4 is 10.6 Å². The Kier molecular flexibility index (Phi) is 7.96. The third kappa shape index (κ3) is 6.35. The minimum atomic E-state index is -3.67. The van der Waals surface area contributed by atoms with Gasteiger partial charge in [0.15, 0.2) is 9.84 Å². The Morgan fingerprint density at radius 3 is 2.19 bits per heavy atom. The van der Waals surface area contributed by atoms with Gasteiger partial charge in [0.1, 0.15) is 6.04 Å². The summed E-state index contributed by atoms with van der Waals surface area (Å²) in [6.07, 6.45) is 0.254. The van der Waals surface area contributed by atoms with Gasteiger partial charge >= 0.3 is 5.97 Å². The fourth-order valence-corrected chi connectivity index (χ4v) is 3.59. The Labute approximate surface area is 159 Å². The number of carbonyl (C=O) groups excluding carboxylic acids is 2. The van der Waals surface area contributed by atoms with Gasteiger partial charge in [0.05, 0.1) is 22.3 Å². The molecule has 0 aliphatic heterocycles. The standard InChI is InChI=1S/C18H26N2O6S/c1-11(2)9-14(18(23)24)20-16(21)10-19-17(22)13-7-5-6-8-15(13)27(25,26)12(3)4/h5-8,11-12,14H,9-10H2,1-4H3,(H,19,22)(H,20,21)(H,23,24)/t14-/m0/s1. The van der Waals surface area contributed by atoms with E-state index in [0.717, 1.165) is 0 Å². The molecule has 150 valence electrons. The van der Waals surface area contributed by atoms with E-state index in [2.05, 4.69) is 10.6 Å². The molecule has 1 atom stereocenters. The topological polar surface area (TPSA) is 130 Å². The fourth-order valence-electron chi connectivity index (χ4n) is 2.35. The van der Waals surface area contributed by atoms with Crippen LogP contribution in [0.25, 0.3) is 0 Å². The van der Waals surface area contributed by atoms with Crippen LogP contribution in [0.4, 0.5) is 0 Å². The molecule has 8 nitrogen and oxygen atoms in total. The van der Waals surface area contributed by atoms with Crippen molar-refractivity contribution in [1.82, 2.24) is 10.6 Å². The van der Waals surface area contributed by atoms with Crippen LogP contribution in [-0.2, 0) is 19.4 Å². The quantitative estimate of drug-likeness (QED) is 0.573. The van der Waals surface area contributed by atoms with Crippen molar-refractivity contribution in [3.8, 4) is 0 Å². The van der Waals surface area contributed by atoms with E-state index < -0.39 is 45.5 Å². The van der Waals surface area contributed by atoms with Gasteiger partial charge in [-0.1, -0.05) is 26.0 Å². The Morgan fingerprint density at radius 2 is 1.67 bits per heavy atom. The molecule has 1 aromatic carbocycles. The highest BCUT2D eigenvalue weighted by Crippen LogP contribution is 2.20. The molecule has 0 aliphatic carbocycles. The first-order chi connectivity index (χ1) is 12.5. The van der Waals surface area contributed by atoms with Crippen LogP contribution in [0.2, 0.25) is 0 Å². The second-order valence-electron chi connectivity index (χ2n) is 6.86. The largest absolute Gasteiger partial charge is 0.480 e. The SMILES string of the molecule is CC(C)C[C@H](NC(=O)CNC(=O)c1ccccc1S(=O)(=O)C(C)C)C(=O)O. The van der Waals surface area contributed by atoms with E-state index in [0.29, 0.717) is 0 Å². The molecule has 0 fully saturated rings. The first kappa shape index (κ1) is 22.6. The summed E-state index contributed by atoms with van der Waals surface area (Å²) in [6, 6.07) is 4.69. The van der Waals surface area contributed by atoms with Crippen LogP contribution in [0.1, 0.15) is 44.5 Å². The molecular weight excluding hydrogens is 372 g/mol. The molecule has 0 aromatic heterocycles. The number of sulfone groups is 1. The van der Waals surface area contributed by atoms with E-state index >= 15 is 0 Å². The summed E-state index contributed by atoms with van der Waals surface area (Å²) < 4.78 is 24.8. The average Bonchev–Trinajstić information content (AvgIpc) is 2.58. The summed E-state index contributed by atoms with van der Waals surface area (Å²) in [5.74, 6) is -2.48. The van der Waals surface area contributed by atoms with E-state index in [1.54, 1.807) is 0 Å². The number of hydrogen-bond acceptors (Lipinski definition) is 5. The van der Waals surface area contributed by atoms with Crippen LogP contribution in [-0.4, -0.2) is 49.1 Å². The monoisotopic (exact) mass is 398 g/mol. The number of hydrogen-bond donors (Lipinski definition) is 3. The van der Waals surface area contributed by atoms with E-state index in [9.17, 15) is 22.8 Å². The number of carbonyl (C=O) groups is 3. The Morgan fingerprint density at radius 1 is 1.07 bits per heavy atom. The molecule has 0 spiro atoms. The van der Waals surface area contributed by atoms with Gasteiger partial charge in [-0.2, -0.15) is 0 Å². The maximum atomic E-state index is 12.4. The third-order valence-electron chi connectivity index (χ3n) is 3.81. The van der Waals surface area contributed by atoms with Crippen molar-refractivity contribution in [3.63, 3.8) is 0 Å². The normalized spacial score (nSPS) is 12.7. The molecule has 2 amide bonds. The van der Waals surface area contributed by atoms with Crippen molar-refractivity contribution in [2.24, 2.45) is 5.92 Å². The van der Waals surface area contributed by atoms with Crippen molar-refractivity contribution in [1.29, 1.82) is 0 Å². The van der Waals surface area contributed by atoms with Crippen LogP contribution in [0.5, 0.6) is 0 Å². The molecule has 0 aliphatic rings. The zero-order chi connectivity index (χ0) is 20.8. The predicted octanol–water partition coefficient (Wildman–Crippen LogP) is 1.21. The number of amides is 2. The van der Waals surface area contributed by atoms with Crippen molar-refractivity contribution in [2.45, 2.75) is 50.3 Å². The van der Waals surface area contributed by atoms with E-state index in [1.807, 2.05) is 13.8 Å². The Balaban J connectivity index is 2.84. The Bertz CT molecular complexity index is 802. The molecule has 9 heteroatoms. The predicted molar refractivity (Wildman–Crippen MR) is 100 cm³/mol. The summed E-state index contributed by atoms with van der Waals surface area (Å²) in [4.78, 5) is 35.4. The molecule has 0 saturated carbocycles. The molecular formula is C18H26N2O6S. The van der Waals surface area contributed by atoms with Gasteiger partial charge < -0.3 is 15.7 Å². The van der Waals surface area contributed by atoms with Gasteiger partial charge in [-0.3, -0.25) is 9.59 Å². The lowest BCUT2D eigenvalue weighted by Crippen LogP contribution is -2.46. The fraction of sp³-hybridized carbons (Fsp3) is 0.500. The number of benzene rings is 1. The van der Waals surface area contributed by atoms with Crippen molar-refractivity contribution in [3.05, 3.63) is 29.8 Å². The molecule has 27 heavy (non-hydrogen) atoms. The van der Waals surface area contributed by atoms with Crippen LogP contribution in [0, 0.1) is 5.92 Å². The lowest BCUT2D eigenvalue weighted by molar-refractivity contribution is -0.142. The van der Waals surface area contributed by atoms with Crippen LogP contribution in [0.3, 0.4) is 0 Å². The number of nitrogens with one attached hydrogen (secondary N) is 2. The van der Waals surface area contributed by atoms with Crippen molar-refractivity contribution >= 4 is 27.6 Å². The number of rotatable bonds is 9. The highest BCUT2D eigenvalue weighted by atomic mass is 32.2. The second-order valence-corrected chi connectivity index (χ2v) is 9.33. The van der Waals surface area contributed by atoms with E-state index in [1.165, 1.54) is 38.1 Å². The second kappa shape index (κ2) is 9.50. The maximum absolute atomic E-state index is 12.4. The van der Waals surface area contributed by atoms with Gasteiger partial charge in [0.25, 0.3) is 5.91 Å². The first-order valence-corrected chi connectivity index (χ1v) is 10.1. The molecule has 0 bridgehead atoms. The van der Waals surface area contributed by atoms with Gasteiger partial charge in [0.2, 0.25) is 5.91 Å². The zero-order valence-electron chi connectivity index (χ0n) is 15.9. The van der Waals surface area contributed by atoms with Crippen molar-refractivity contribution < 1.29 is 27.9 Å². The van der Waals surface area contributed by atoms with Gasteiger partial charge in [0, 0.05) is 0 Å². The molecule has 0 radical (unpaired) electrons. The highest BCUT2D eigenvalue weighted by molar-refractivity contribution is 7.92. The Hall–Kier alpha value is -2.42. The lowest BCUT2D eigenvalue weighted by Gasteiger charge is -2.17. The number of carboxylic acid groups (broad SMARTS) is 1. The molecule has 1 aromatic rings. The zero-order valence-corrected chi connectivity index (χ0v) is 16.7. The average molecular weight is 398 g/mol. The molecule has 3 N–H and O–H groups in total. The third-order valence-corrected chi connectivity index (χ3v) is 6.02. The number of carboxylic acids is 1. The van der Waals surface area contributed by atoms with E-state index in [4.69, 9.17) is 5.11 Å². The van der Waals surface area contributed by atoms with Gasteiger partial charge in [-0.25, -0.2) is 13.2 Å². The highest BCUT2D eigenvalue weighted by Gasteiger charge is 2.26. The lowest BCUT2D eigenvalue weighted by atomic mass is 10.0. The summed E-state index contributed by atoms with van der Waals surface area (Å²) in [6.45, 7) is 6.22. The van der Waals surface area contributed by atoms with Gasteiger partial charge in [-0.05, 0) is 38.3 Å². The minimum absolute atomic E-state index is 0.0593. The van der Waals surface area contributed by atoms with Gasteiger partial charge in [-0.15, -0.1) is 0 Å². The minimum Gasteiger partial charge on any atom is -0.480 e. The van der Waals surface area contributed by atoms with Crippen LogP contribution >= 0.6 is 0 Å². The van der Waals surface area contributed by atoms with E-state index in [-0.39, 0.29) is 22.8 Å². The van der Waals surface area contributed by atoms with Crippen LogP contribution in [0.15, 0.2) is 29.2 Å². The first-order valence-electron chi connectivity index (χ1n) is 8.60. The summed E-state index contributed by atoms with van der Waals surface area (Å²) in [5.41, 5.74) is -0.0593. The van der Waals surface area contributed by atoms with Crippen molar-refractivity contribution in [2.75, 3.05) is 6.54 Å². The number of aliphatic carboxylic acids is 1.